The first kappa shape index (κ1) is 17.4. The summed E-state index contributed by atoms with van der Waals surface area (Å²) >= 11 is 0. The summed E-state index contributed by atoms with van der Waals surface area (Å²) in [5, 5.41) is 4.22. The molecule has 1 atom stereocenters. The van der Waals surface area contributed by atoms with Gasteiger partial charge in [-0.15, -0.1) is 0 Å². The highest BCUT2D eigenvalue weighted by Gasteiger charge is 2.29. The number of Topliss-reactive ketones (excluding diaryl/α,β-unsaturated/α-hetero) is 1. The van der Waals surface area contributed by atoms with Crippen LogP contribution in [0.3, 0.4) is 0 Å². The van der Waals surface area contributed by atoms with Crippen LogP contribution >= 0.6 is 0 Å². The van der Waals surface area contributed by atoms with Crippen molar-refractivity contribution in [2.75, 3.05) is 21.2 Å². The second kappa shape index (κ2) is 7.08. The van der Waals surface area contributed by atoms with Gasteiger partial charge in [0, 0.05) is 25.7 Å². The third-order valence-electron chi connectivity index (χ3n) is 3.49. The molecule has 2 rings (SSSR count). The van der Waals surface area contributed by atoms with Crippen LogP contribution in [0, 0.1) is 0 Å². The van der Waals surface area contributed by atoms with E-state index < -0.39 is 23.3 Å². The summed E-state index contributed by atoms with van der Waals surface area (Å²) in [5.74, 6) is -0.314. The van der Waals surface area contributed by atoms with Gasteiger partial charge in [0.05, 0.1) is 12.8 Å². The van der Waals surface area contributed by atoms with E-state index in [0.29, 0.717) is 17.0 Å². The van der Waals surface area contributed by atoms with E-state index in [9.17, 15) is 14.4 Å². The van der Waals surface area contributed by atoms with Gasteiger partial charge < -0.3 is 9.64 Å². The van der Waals surface area contributed by atoms with E-state index in [1.807, 2.05) is 0 Å². The maximum atomic E-state index is 12.3. The summed E-state index contributed by atoms with van der Waals surface area (Å²) in [4.78, 5) is 37.6. The van der Waals surface area contributed by atoms with E-state index in [2.05, 4.69) is 5.10 Å². The molecular weight excluding hydrogens is 310 g/mol. The normalized spacial score (nSPS) is 11.7. The largest absolute Gasteiger partial charge is 0.497 e. The lowest BCUT2D eigenvalue weighted by atomic mass is 10.1. The molecule has 0 fully saturated rings. The van der Waals surface area contributed by atoms with E-state index in [1.165, 1.54) is 32.0 Å². The van der Waals surface area contributed by atoms with Gasteiger partial charge in [-0.25, -0.2) is 4.68 Å². The molecule has 2 aromatic rings. The zero-order chi connectivity index (χ0) is 17.9. The lowest BCUT2D eigenvalue weighted by Crippen LogP contribution is -2.41. The Morgan fingerprint density at radius 2 is 1.92 bits per heavy atom. The lowest BCUT2D eigenvalue weighted by molar-refractivity contribution is -0.138. The fourth-order valence-corrected chi connectivity index (χ4v) is 2.24. The molecule has 126 valence electrons. The van der Waals surface area contributed by atoms with Crippen molar-refractivity contribution in [3.63, 3.8) is 0 Å². The minimum atomic E-state index is -1.28. The molecule has 0 aliphatic heterocycles. The summed E-state index contributed by atoms with van der Waals surface area (Å²) < 4.78 is 6.10. The van der Waals surface area contributed by atoms with E-state index in [4.69, 9.17) is 4.74 Å². The van der Waals surface area contributed by atoms with Crippen molar-refractivity contribution in [2.45, 2.75) is 13.0 Å². The van der Waals surface area contributed by atoms with Crippen LogP contribution in [0.15, 0.2) is 41.2 Å². The molecule has 24 heavy (non-hydrogen) atoms. The number of benzene rings is 1. The molecule has 0 N–H and O–H groups in total. The Hall–Kier alpha value is -2.96. The summed E-state index contributed by atoms with van der Waals surface area (Å²) in [5.41, 5.74) is 0.658. The Labute approximate surface area is 139 Å². The van der Waals surface area contributed by atoms with Gasteiger partial charge in [-0.1, -0.05) is 12.1 Å². The van der Waals surface area contributed by atoms with Gasteiger partial charge in [0.25, 0.3) is 11.5 Å². The van der Waals surface area contributed by atoms with Crippen molar-refractivity contribution in [2.24, 2.45) is 0 Å². The molecule has 0 spiro atoms. The molecule has 0 saturated carbocycles. The first-order valence-corrected chi connectivity index (χ1v) is 7.31. The number of likely N-dealkylation sites (N-methyl/N-ethyl adjacent to an activating group) is 1. The molecule has 0 radical (unpaired) electrons. The third kappa shape index (κ3) is 3.51. The average molecular weight is 329 g/mol. The number of hydrogen-bond acceptors (Lipinski definition) is 5. The number of amides is 1. The Bertz CT molecular complexity index is 827. The molecule has 0 aliphatic carbocycles. The van der Waals surface area contributed by atoms with Crippen LogP contribution < -0.4 is 10.3 Å². The van der Waals surface area contributed by atoms with Crippen molar-refractivity contribution in [3.8, 4) is 17.0 Å². The van der Waals surface area contributed by atoms with E-state index in [1.54, 1.807) is 37.4 Å². The molecule has 0 saturated heterocycles. The lowest BCUT2D eigenvalue weighted by Gasteiger charge is -2.19. The van der Waals surface area contributed by atoms with Crippen molar-refractivity contribution < 1.29 is 14.3 Å². The predicted molar refractivity (Wildman–Crippen MR) is 88.9 cm³/mol. The van der Waals surface area contributed by atoms with Crippen LogP contribution in [0.1, 0.15) is 13.0 Å². The van der Waals surface area contributed by atoms with Crippen LogP contribution in [0.2, 0.25) is 0 Å². The first-order valence-electron chi connectivity index (χ1n) is 7.31. The smallest absolute Gasteiger partial charge is 0.267 e. The van der Waals surface area contributed by atoms with Gasteiger partial charge in [-0.3, -0.25) is 14.4 Å². The quantitative estimate of drug-likeness (QED) is 0.768. The topological polar surface area (TPSA) is 81.5 Å². The number of ketones is 1. The highest BCUT2D eigenvalue weighted by molar-refractivity contribution is 6.02. The molecule has 1 amide bonds. The number of carbonyl (C=O) groups excluding carboxylic acids is 2. The Kier molecular flexibility index (Phi) is 5.13. The molecule has 1 unspecified atom stereocenters. The van der Waals surface area contributed by atoms with Gasteiger partial charge in [0.15, 0.2) is 11.8 Å². The minimum absolute atomic E-state index is 0.453. The van der Waals surface area contributed by atoms with E-state index in [0.717, 1.165) is 4.68 Å². The van der Waals surface area contributed by atoms with Gasteiger partial charge in [0.1, 0.15) is 5.75 Å². The number of ether oxygens (including phenoxy) is 1. The van der Waals surface area contributed by atoms with Crippen molar-refractivity contribution in [1.29, 1.82) is 0 Å². The van der Waals surface area contributed by atoms with Gasteiger partial charge >= 0.3 is 0 Å². The molecule has 0 bridgehead atoms. The first-order chi connectivity index (χ1) is 11.3. The summed E-state index contributed by atoms with van der Waals surface area (Å²) in [6.45, 7) is 1.26. The van der Waals surface area contributed by atoms with Crippen molar-refractivity contribution >= 4 is 11.7 Å². The number of aromatic nitrogens is 2. The molecule has 0 aliphatic rings. The van der Waals surface area contributed by atoms with Crippen LogP contribution in [0.5, 0.6) is 5.75 Å². The molecule has 1 heterocycles. The number of rotatable bonds is 5. The van der Waals surface area contributed by atoms with Crippen LogP contribution in [-0.4, -0.2) is 47.6 Å². The van der Waals surface area contributed by atoms with Crippen molar-refractivity contribution in [3.05, 3.63) is 46.8 Å². The zero-order valence-corrected chi connectivity index (χ0v) is 14.0. The Morgan fingerprint density at radius 1 is 1.21 bits per heavy atom. The molecule has 7 heteroatoms. The summed E-state index contributed by atoms with van der Waals surface area (Å²) in [6.07, 6.45) is 0. The molecule has 1 aromatic carbocycles. The number of carbonyl (C=O) groups is 2. The standard InChI is InChI=1S/C17H19N3O4/c1-11(21)16(17(23)19(2)3)20-15(22)9-8-14(18-20)12-6-5-7-13(10-12)24-4/h5-10,16H,1-4H3. The van der Waals surface area contributed by atoms with Gasteiger partial charge in [-0.05, 0) is 25.1 Å². The van der Waals surface area contributed by atoms with Crippen LogP contribution in [-0.2, 0) is 9.59 Å². The minimum Gasteiger partial charge on any atom is -0.497 e. The van der Waals surface area contributed by atoms with E-state index >= 15 is 0 Å². The Morgan fingerprint density at radius 3 is 2.50 bits per heavy atom. The SMILES string of the molecule is COc1cccc(-c2ccc(=O)n(C(C(C)=O)C(=O)N(C)C)n2)c1. The highest BCUT2D eigenvalue weighted by atomic mass is 16.5. The van der Waals surface area contributed by atoms with Gasteiger partial charge in [0.2, 0.25) is 0 Å². The third-order valence-corrected chi connectivity index (χ3v) is 3.49. The Balaban J connectivity index is 2.57. The molecule has 1 aromatic heterocycles. The predicted octanol–water partition coefficient (Wildman–Crippen LogP) is 1.14. The number of hydrogen-bond donors (Lipinski definition) is 0. The maximum Gasteiger partial charge on any atom is 0.267 e. The molecular formula is C17H19N3O4. The average Bonchev–Trinajstić information content (AvgIpc) is 2.56. The van der Waals surface area contributed by atoms with Crippen LogP contribution in [0.4, 0.5) is 0 Å². The fourth-order valence-electron chi connectivity index (χ4n) is 2.24. The summed E-state index contributed by atoms with van der Waals surface area (Å²) in [7, 11) is 4.60. The number of methoxy groups -OCH3 is 1. The second-order valence-electron chi connectivity index (χ2n) is 5.48. The fraction of sp³-hybridized carbons (Fsp3) is 0.294. The van der Waals surface area contributed by atoms with E-state index in [-0.39, 0.29) is 0 Å². The number of nitrogens with zero attached hydrogens (tertiary/aromatic N) is 3. The summed E-state index contributed by atoms with van der Waals surface area (Å²) in [6, 6.07) is 8.69. The molecule has 7 nitrogen and oxygen atoms in total. The zero-order valence-electron chi connectivity index (χ0n) is 14.0. The van der Waals surface area contributed by atoms with Crippen LogP contribution in [0.25, 0.3) is 11.3 Å². The highest BCUT2D eigenvalue weighted by Crippen LogP contribution is 2.21. The monoisotopic (exact) mass is 329 g/mol. The van der Waals surface area contributed by atoms with Crippen molar-refractivity contribution in [1.82, 2.24) is 14.7 Å². The second-order valence-corrected chi connectivity index (χ2v) is 5.48. The maximum absolute atomic E-state index is 12.3. The van der Waals surface area contributed by atoms with Gasteiger partial charge in [-0.2, -0.15) is 5.10 Å².